The normalized spacial score (nSPS) is 11.7. The zero-order valence-corrected chi connectivity index (χ0v) is 17.6. The number of hydrogen-bond acceptors (Lipinski definition) is 7. The molecule has 2 heterocycles. The fraction of sp³-hybridized carbons (Fsp3) is 0.143. The van der Waals surface area contributed by atoms with Gasteiger partial charge in [0.15, 0.2) is 11.2 Å². The summed E-state index contributed by atoms with van der Waals surface area (Å²) in [6.07, 6.45) is 0. The van der Waals surface area contributed by atoms with Gasteiger partial charge < -0.3 is 0 Å². The number of H-pyrrole nitrogens is 1. The predicted octanol–water partition coefficient (Wildman–Crippen LogP) is 2.35. The van der Waals surface area contributed by atoms with Crippen LogP contribution in [0.2, 0.25) is 0 Å². The molecule has 4 aromatic rings. The smallest absolute Gasteiger partial charge is 0.298 e. The summed E-state index contributed by atoms with van der Waals surface area (Å²) in [5.74, 6) is -0.210. The average molecular weight is 451 g/mol. The number of imidazole rings is 1. The molecule has 0 atom stereocenters. The standard InChI is InChI=1S/C21H18FN7O4/c1-12(14-5-9-16(10-6-14)29(32)33)25-26-20-23-18-17(19(30)24-21(31)27(18)2)28(20)11-13-3-7-15(22)8-4-13/h3-10H,11H2,1-2H3,(H,23,26)(H,24,30,31). The highest BCUT2D eigenvalue weighted by atomic mass is 19.1. The predicted molar refractivity (Wildman–Crippen MR) is 120 cm³/mol. The second-order valence-electron chi connectivity index (χ2n) is 7.25. The van der Waals surface area contributed by atoms with Crippen molar-refractivity contribution in [1.82, 2.24) is 19.1 Å². The zero-order valence-electron chi connectivity index (χ0n) is 17.6. The zero-order chi connectivity index (χ0) is 23.7. The van der Waals surface area contributed by atoms with Crippen molar-refractivity contribution in [2.45, 2.75) is 13.5 Å². The van der Waals surface area contributed by atoms with Crippen molar-refractivity contribution in [2.75, 3.05) is 5.43 Å². The van der Waals surface area contributed by atoms with Gasteiger partial charge in [0.05, 0.1) is 17.2 Å². The number of nitro benzene ring substituents is 1. The van der Waals surface area contributed by atoms with E-state index >= 15 is 0 Å². The number of anilines is 1. The van der Waals surface area contributed by atoms with Crippen molar-refractivity contribution < 1.29 is 9.31 Å². The molecule has 0 unspecified atom stereocenters. The Morgan fingerprint density at radius 3 is 2.48 bits per heavy atom. The first kappa shape index (κ1) is 21.6. The van der Waals surface area contributed by atoms with E-state index in [4.69, 9.17) is 0 Å². The minimum Gasteiger partial charge on any atom is -0.298 e. The molecule has 0 fully saturated rings. The van der Waals surface area contributed by atoms with Gasteiger partial charge in [-0.3, -0.25) is 29.0 Å². The molecule has 0 saturated carbocycles. The quantitative estimate of drug-likeness (QED) is 0.262. The average Bonchev–Trinajstić information content (AvgIpc) is 3.16. The number of nitrogens with zero attached hydrogens (tertiary/aromatic N) is 5. The molecule has 33 heavy (non-hydrogen) atoms. The molecule has 0 aliphatic rings. The van der Waals surface area contributed by atoms with Crippen LogP contribution in [0.5, 0.6) is 0 Å². The summed E-state index contributed by atoms with van der Waals surface area (Å²) in [6.45, 7) is 1.86. The van der Waals surface area contributed by atoms with Crippen molar-refractivity contribution in [3.63, 3.8) is 0 Å². The number of halogens is 1. The highest BCUT2D eigenvalue weighted by Gasteiger charge is 2.18. The second-order valence-corrected chi connectivity index (χ2v) is 7.25. The first-order chi connectivity index (χ1) is 15.7. The SMILES string of the molecule is CC(=NNc1nc2c(c(=O)[nH]c(=O)n2C)n1Cc1ccc(F)cc1)c1ccc([N+](=O)[O-])cc1. The van der Waals surface area contributed by atoms with Crippen LogP contribution in [0.4, 0.5) is 16.0 Å². The van der Waals surface area contributed by atoms with E-state index in [0.29, 0.717) is 16.8 Å². The van der Waals surface area contributed by atoms with Gasteiger partial charge in [0.25, 0.3) is 11.2 Å². The van der Waals surface area contributed by atoms with Crippen LogP contribution in [0.3, 0.4) is 0 Å². The molecule has 0 spiro atoms. The van der Waals surface area contributed by atoms with Crippen LogP contribution in [-0.2, 0) is 13.6 Å². The maximum Gasteiger partial charge on any atom is 0.329 e. The minimum absolute atomic E-state index is 0.0410. The van der Waals surface area contributed by atoms with Crippen molar-refractivity contribution in [3.05, 3.63) is 96.4 Å². The van der Waals surface area contributed by atoms with Crippen molar-refractivity contribution >= 4 is 28.5 Å². The number of non-ortho nitro benzene ring substituents is 1. The van der Waals surface area contributed by atoms with Crippen molar-refractivity contribution in [3.8, 4) is 0 Å². The Kier molecular flexibility index (Phi) is 5.56. The number of nitro groups is 1. The van der Waals surface area contributed by atoms with Crippen LogP contribution in [0.1, 0.15) is 18.1 Å². The largest absolute Gasteiger partial charge is 0.329 e. The van der Waals surface area contributed by atoms with E-state index in [2.05, 4.69) is 20.5 Å². The van der Waals surface area contributed by atoms with Crippen LogP contribution in [0, 0.1) is 15.9 Å². The molecule has 0 saturated heterocycles. The molecule has 168 valence electrons. The number of benzene rings is 2. The fourth-order valence-corrected chi connectivity index (χ4v) is 3.27. The van der Waals surface area contributed by atoms with Crippen molar-refractivity contribution in [1.29, 1.82) is 0 Å². The maximum atomic E-state index is 13.3. The number of nitrogens with one attached hydrogen (secondary N) is 2. The van der Waals surface area contributed by atoms with Gasteiger partial charge in [-0.25, -0.2) is 14.6 Å². The highest BCUT2D eigenvalue weighted by Crippen LogP contribution is 2.19. The Hall–Kier alpha value is -4.61. The second kappa shape index (κ2) is 8.49. The number of hydrogen-bond donors (Lipinski definition) is 2. The molecular formula is C21H18FN7O4. The summed E-state index contributed by atoms with van der Waals surface area (Å²) in [4.78, 5) is 41.6. The molecule has 2 aromatic carbocycles. The number of hydrazone groups is 1. The summed E-state index contributed by atoms with van der Waals surface area (Å²) in [7, 11) is 1.48. The molecule has 11 nitrogen and oxygen atoms in total. The van der Waals surface area contributed by atoms with Gasteiger partial charge in [-0.2, -0.15) is 10.1 Å². The Morgan fingerprint density at radius 2 is 1.85 bits per heavy atom. The molecule has 0 aliphatic carbocycles. The molecule has 0 radical (unpaired) electrons. The van der Waals surface area contributed by atoms with E-state index in [-0.39, 0.29) is 29.3 Å². The Morgan fingerprint density at radius 1 is 1.18 bits per heavy atom. The summed E-state index contributed by atoms with van der Waals surface area (Å²) >= 11 is 0. The first-order valence-electron chi connectivity index (χ1n) is 9.73. The molecule has 12 heteroatoms. The van der Waals surface area contributed by atoms with Crippen LogP contribution < -0.4 is 16.7 Å². The lowest BCUT2D eigenvalue weighted by atomic mass is 10.1. The van der Waals surface area contributed by atoms with E-state index in [1.54, 1.807) is 31.2 Å². The Labute approximate surface area is 185 Å². The summed E-state index contributed by atoms with van der Waals surface area (Å²) in [5.41, 5.74) is 3.67. The Balaban J connectivity index is 1.76. The first-order valence-corrected chi connectivity index (χ1v) is 9.73. The van der Waals surface area contributed by atoms with Crippen LogP contribution >= 0.6 is 0 Å². The number of fused-ring (bicyclic) bond motifs is 1. The fourth-order valence-electron chi connectivity index (χ4n) is 3.27. The van der Waals surface area contributed by atoms with E-state index < -0.39 is 22.0 Å². The minimum atomic E-state index is -0.619. The maximum absolute atomic E-state index is 13.3. The summed E-state index contributed by atoms with van der Waals surface area (Å²) < 4.78 is 16.1. The van der Waals surface area contributed by atoms with Crippen LogP contribution in [-0.4, -0.2) is 29.7 Å². The van der Waals surface area contributed by atoms with Crippen LogP contribution in [0.15, 0.2) is 63.2 Å². The topological polar surface area (TPSA) is 140 Å². The third kappa shape index (κ3) is 4.26. The monoisotopic (exact) mass is 451 g/mol. The van der Waals surface area contributed by atoms with Gasteiger partial charge in [0.1, 0.15) is 5.82 Å². The van der Waals surface area contributed by atoms with Gasteiger partial charge in [-0.1, -0.05) is 12.1 Å². The molecule has 0 bridgehead atoms. The lowest BCUT2D eigenvalue weighted by Gasteiger charge is -2.09. The van der Waals surface area contributed by atoms with E-state index in [0.717, 1.165) is 0 Å². The molecule has 2 N–H and O–H groups in total. The molecule has 0 aliphatic heterocycles. The van der Waals surface area contributed by atoms with Crippen LogP contribution in [0.25, 0.3) is 11.2 Å². The lowest BCUT2D eigenvalue weighted by Crippen LogP contribution is -2.29. The third-order valence-corrected chi connectivity index (χ3v) is 5.08. The molecule has 0 amide bonds. The van der Waals surface area contributed by atoms with E-state index in [1.165, 1.54) is 40.4 Å². The Bertz CT molecular complexity index is 1500. The van der Waals surface area contributed by atoms with Gasteiger partial charge in [0, 0.05) is 19.2 Å². The summed E-state index contributed by atoms with van der Waals surface area (Å²) in [6, 6.07) is 11.6. The molecule has 4 rings (SSSR count). The van der Waals surface area contributed by atoms with Gasteiger partial charge in [-0.15, -0.1) is 0 Å². The number of aryl methyl sites for hydroxylation is 1. The van der Waals surface area contributed by atoms with E-state index in [9.17, 15) is 24.1 Å². The lowest BCUT2D eigenvalue weighted by molar-refractivity contribution is -0.384. The molecular weight excluding hydrogens is 433 g/mol. The third-order valence-electron chi connectivity index (χ3n) is 5.08. The number of rotatable bonds is 6. The highest BCUT2D eigenvalue weighted by molar-refractivity contribution is 5.99. The van der Waals surface area contributed by atoms with E-state index in [1.807, 2.05) is 0 Å². The number of aromatic amines is 1. The summed E-state index contributed by atoms with van der Waals surface area (Å²) in [5, 5.41) is 15.1. The van der Waals surface area contributed by atoms with Gasteiger partial charge in [0.2, 0.25) is 5.95 Å². The molecule has 2 aromatic heterocycles. The van der Waals surface area contributed by atoms with Crippen molar-refractivity contribution in [2.24, 2.45) is 12.1 Å². The number of aromatic nitrogens is 4. The van der Waals surface area contributed by atoms with Gasteiger partial charge >= 0.3 is 5.69 Å². The van der Waals surface area contributed by atoms with Gasteiger partial charge in [-0.05, 0) is 42.3 Å².